The fraction of sp³-hybridized carbons (Fsp3) is 0.500. The van der Waals surface area contributed by atoms with E-state index in [1.165, 1.54) is 6.39 Å². The summed E-state index contributed by atoms with van der Waals surface area (Å²) >= 11 is 3.51. The minimum atomic E-state index is 0.247. The van der Waals surface area contributed by atoms with Gasteiger partial charge < -0.3 is 4.52 Å². The fourth-order valence-corrected chi connectivity index (χ4v) is 1.36. The summed E-state index contributed by atoms with van der Waals surface area (Å²) in [7, 11) is 0. The van der Waals surface area contributed by atoms with E-state index in [2.05, 4.69) is 47.8 Å². The lowest BCUT2D eigenvalue weighted by atomic mass is 10.3. The molecule has 1 unspecified atom stereocenters. The van der Waals surface area contributed by atoms with Crippen LogP contribution in [0.25, 0.3) is 0 Å². The van der Waals surface area contributed by atoms with Crippen LogP contribution in [-0.4, -0.2) is 25.1 Å². The number of hydrogen-bond acceptors (Lipinski definition) is 5. The average Bonchev–Trinajstić information content (AvgIpc) is 2.88. The Bertz CT molecular complexity index is 412. The van der Waals surface area contributed by atoms with Crippen molar-refractivity contribution in [2.24, 2.45) is 0 Å². The van der Waals surface area contributed by atoms with Crippen molar-refractivity contribution >= 4 is 15.9 Å². The van der Waals surface area contributed by atoms with E-state index in [1.54, 1.807) is 4.68 Å². The quantitative estimate of drug-likeness (QED) is 0.790. The molecule has 2 aromatic heterocycles. The summed E-state index contributed by atoms with van der Waals surface area (Å²) in [4.78, 5) is 4.15. The van der Waals surface area contributed by atoms with Crippen molar-refractivity contribution in [1.82, 2.24) is 25.1 Å². The van der Waals surface area contributed by atoms with Crippen molar-refractivity contribution in [2.75, 3.05) is 0 Å². The minimum Gasteiger partial charge on any atom is -0.343 e. The molecule has 15 heavy (non-hydrogen) atoms. The van der Waals surface area contributed by atoms with Crippen LogP contribution in [0.3, 0.4) is 0 Å². The van der Waals surface area contributed by atoms with Gasteiger partial charge in [0, 0.05) is 0 Å². The van der Waals surface area contributed by atoms with Crippen LogP contribution < -0.4 is 0 Å². The highest BCUT2D eigenvalue weighted by Crippen LogP contribution is 2.23. The van der Waals surface area contributed by atoms with Gasteiger partial charge in [-0.15, -0.1) is 5.10 Å². The lowest BCUT2D eigenvalue weighted by molar-refractivity contribution is 0.406. The highest BCUT2D eigenvalue weighted by molar-refractivity contribution is 9.09. The van der Waals surface area contributed by atoms with Gasteiger partial charge in [-0.3, -0.25) is 0 Å². The Kier molecular flexibility index (Phi) is 3.10. The van der Waals surface area contributed by atoms with E-state index in [0.717, 1.165) is 12.1 Å². The topological polar surface area (TPSA) is 69.6 Å². The van der Waals surface area contributed by atoms with Crippen LogP contribution in [-0.2, 0) is 6.54 Å². The summed E-state index contributed by atoms with van der Waals surface area (Å²) in [5.74, 6) is 0.592. The maximum atomic E-state index is 4.63. The zero-order chi connectivity index (χ0) is 10.7. The van der Waals surface area contributed by atoms with Crippen LogP contribution in [0.2, 0.25) is 0 Å². The Morgan fingerprint density at radius 2 is 2.47 bits per heavy atom. The minimum absolute atomic E-state index is 0.247. The Morgan fingerprint density at radius 3 is 3.13 bits per heavy atom. The predicted molar refractivity (Wildman–Crippen MR) is 55.4 cm³/mol. The summed E-state index contributed by atoms with van der Waals surface area (Å²) < 4.78 is 6.31. The molecule has 0 aromatic carbocycles. The third-order valence-electron chi connectivity index (χ3n) is 1.95. The van der Waals surface area contributed by atoms with Crippen LogP contribution in [0.4, 0.5) is 0 Å². The maximum Gasteiger partial charge on any atom is 0.213 e. The Labute approximate surface area is 94.8 Å². The Morgan fingerprint density at radius 1 is 1.60 bits per heavy atom. The molecule has 0 fully saturated rings. The first kappa shape index (κ1) is 10.3. The zero-order valence-corrected chi connectivity index (χ0v) is 9.75. The van der Waals surface area contributed by atoms with Gasteiger partial charge in [0.2, 0.25) is 6.39 Å². The van der Waals surface area contributed by atoms with Crippen molar-refractivity contribution in [1.29, 1.82) is 0 Å². The SMILES string of the molecule is CCC(Br)c1cn(Cc2ncon2)nn1. The first-order chi connectivity index (χ1) is 7.29. The average molecular weight is 272 g/mol. The molecule has 0 saturated carbocycles. The molecule has 0 saturated heterocycles. The molecule has 6 nitrogen and oxygen atoms in total. The van der Waals surface area contributed by atoms with E-state index < -0.39 is 0 Å². The first-order valence-electron chi connectivity index (χ1n) is 4.59. The lowest BCUT2D eigenvalue weighted by Gasteiger charge is -1.98. The second-order valence-electron chi connectivity index (χ2n) is 3.06. The van der Waals surface area contributed by atoms with E-state index in [4.69, 9.17) is 0 Å². The number of hydrogen-bond donors (Lipinski definition) is 0. The summed E-state index contributed by atoms with van der Waals surface area (Å²) in [5, 5.41) is 11.7. The standard InChI is InChI=1S/C8H10BrN5O/c1-2-6(9)7-3-14(13-11-7)4-8-10-5-15-12-8/h3,5-6H,2,4H2,1H3. The normalized spacial score (nSPS) is 12.9. The second-order valence-corrected chi connectivity index (χ2v) is 4.17. The number of halogens is 1. The molecule has 7 heteroatoms. The summed E-state index contributed by atoms with van der Waals surface area (Å²) in [5.41, 5.74) is 0.918. The molecule has 0 aliphatic rings. The largest absolute Gasteiger partial charge is 0.343 e. The van der Waals surface area contributed by atoms with Crippen molar-refractivity contribution in [3.05, 3.63) is 24.1 Å². The number of alkyl halides is 1. The third kappa shape index (κ3) is 2.41. The van der Waals surface area contributed by atoms with Gasteiger partial charge in [0.1, 0.15) is 6.54 Å². The highest BCUT2D eigenvalue weighted by Gasteiger charge is 2.10. The highest BCUT2D eigenvalue weighted by atomic mass is 79.9. The van der Waals surface area contributed by atoms with Gasteiger partial charge in [-0.05, 0) is 6.42 Å². The smallest absolute Gasteiger partial charge is 0.213 e. The van der Waals surface area contributed by atoms with Crippen molar-refractivity contribution in [2.45, 2.75) is 24.7 Å². The van der Waals surface area contributed by atoms with E-state index >= 15 is 0 Å². The Balaban J connectivity index is 2.07. The summed E-state index contributed by atoms with van der Waals surface area (Å²) in [6, 6.07) is 0. The van der Waals surface area contributed by atoms with Crippen molar-refractivity contribution in [3.63, 3.8) is 0 Å². The monoisotopic (exact) mass is 271 g/mol. The number of rotatable bonds is 4. The molecule has 2 aromatic rings. The van der Waals surface area contributed by atoms with Gasteiger partial charge in [0.05, 0.1) is 16.7 Å². The molecular formula is C8H10BrN5O. The molecular weight excluding hydrogens is 262 g/mol. The van der Waals surface area contributed by atoms with Crippen molar-refractivity contribution < 1.29 is 4.52 Å². The van der Waals surface area contributed by atoms with Crippen LogP contribution in [0.15, 0.2) is 17.1 Å². The summed E-state index contributed by atoms with van der Waals surface area (Å²) in [6.45, 7) is 2.56. The van der Waals surface area contributed by atoms with Gasteiger partial charge in [-0.25, -0.2) is 4.68 Å². The molecule has 2 heterocycles. The second kappa shape index (κ2) is 4.52. The van der Waals surface area contributed by atoms with E-state index in [9.17, 15) is 0 Å². The lowest BCUT2D eigenvalue weighted by Crippen LogP contribution is -2.01. The van der Waals surface area contributed by atoms with Gasteiger partial charge in [0.15, 0.2) is 5.82 Å². The van der Waals surface area contributed by atoms with Crippen molar-refractivity contribution in [3.8, 4) is 0 Å². The first-order valence-corrected chi connectivity index (χ1v) is 5.50. The molecule has 0 aliphatic heterocycles. The maximum absolute atomic E-state index is 4.63. The molecule has 80 valence electrons. The van der Waals surface area contributed by atoms with E-state index in [1.807, 2.05) is 6.20 Å². The molecule has 0 aliphatic carbocycles. The molecule has 0 radical (unpaired) electrons. The molecule has 0 bridgehead atoms. The van der Waals surface area contributed by atoms with Gasteiger partial charge >= 0.3 is 0 Å². The van der Waals surface area contributed by atoms with E-state index in [0.29, 0.717) is 12.4 Å². The zero-order valence-electron chi connectivity index (χ0n) is 8.17. The molecule has 1 atom stereocenters. The van der Waals surface area contributed by atoms with Gasteiger partial charge in [-0.2, -0.15) is 4.98 Å². The van der Waals surface area contributed by atoms with Crippen LogP contribution in [0.1, 0.15) is 29.7 Å². The fourth-order valence-electron chi connectivity index (χ4n) is 1.15. The van der Waals surface area contributed by atoms with Crippen LogP contribution in [0.5, 0.6) is 0 Å². The third-order valence-corrected chi connectivity index (χ3v) is 3.06. The predicted octanol–water partition coefficient (Wildman–Crippen LogP) is 1.56. The number of aromatic nitrogens is 5. The molecule has 0 N–H and O–H groups in total. The molecule has 2 rings (SSSR count). The summed E-state index contributed by atoms with van der Waals surface area (Å²) in [6.07, 6.45) is 4.15. The van der Waals surface area contributed by atoms with Crippen LogP contribution >= 0.6 is 15.9 Å². The van der Waals surface area contributed by atoms with Crippen LogP contribution in [0, 0.1) is 0 Å². The number of nitrogens with zero attached hydrogens (tertiary/aromatic N) is 5. The van der Waals surface area contributed by atoms with Gasteiger partial charge in [-0.1, -0.05) is 33.2 Å². The van der Waals surface area contributed by atoms with Gasteiger partial charge in [0.25, 0.3) is 0 Å². The molecule has 0 amide bonds. The Hall–Kier alpha value is -1.24. The molecule has 0 spiro atoms. The van der Waals surface area contributed by atoms with E-state index in [-0.39, 0.29) is 4.83 Å².